The van der Waals surface area contributed by atoms with Crippen molar-refractivity contribution in [3.8, 4) is 0 Å². The smallest absolute Gasteiger partial charge is 0.310 e. The molecular weight excluding hydrogens is 192 g/mol. The summed E-state index contributed by atoms with van der Waals surface area (Å²) in [7, 11) is 0. The van der Waals surface area contributed by atoms with Crippen LogP contribution in [0, 0.1) is 11.3 Å². The van der Waals surface area contributed by atoms with Gasteiger partial charge in [-0.3, -0.25) is 4.79 Å². The second-order valence-corrected chi connectivity index (χ2v) is 4.22. The van der Waals surface area contributed by atoms with E-state index in [0.29, 0.717) is 12.2 Å². The highest BCUT2D eigenvalue weighted by Crippen LogP contribution is 2.30. The molecule has 1 atom stereocenters. The third kappa shape index (κ3) is 2.52. The Balaban J connectivity index is 2.90. The Morgan fingerprint density at radius 1 is 1.47 bits per heavy atom. The quantitative estimate of drug-likeness (QED) is 0.819. The first kappa shape index (κ1) is 11.6. The summed E-state index contributed by atoms with van der Waals surface area (Å²) < 4.78 is 0. The van der Waals surface area contributed by atoms with Gasteiger partial charge in [-0.1, -0.05) is 13.8 Å². The van der Waals surface area contributed by atoms with E-state index in [1.165, 1.54) is 0 Å². The fourth-order valence-corrected chi connectivity index (χ4v) is 1.28. The van der Waals surface area contributed by atoms with Crippen molar-refractivity contribution < 1.29 is 9.90 Å². The predicted octanol–water partition coefficient (Wildman–Crippen LogP) is 1.77. The molecule has 1 N–H and O–H groups in total. The third-order valence-electron chi connectivity index (χ3n) is 2.91. The maximum atomic E-state index is 11.2. The van der Waals surface area contributed by atoms with E-state index in [2.05, 4.69) is 9.97 Å². The minimum atomic E-state index is -0.804. The molecule has 0 spiro atoms. The van der Waals surface area contributed by atoms with Crippen LogP contribution in [0.5, 0.6) is 0 Å². The van der Waals surface area contributed by atoms with Crippen LogP contribution in [0.4, 0.5) is 0 Å². The lowest BCUT2D eigenvalue weighted by molar-refractivity contribution is -0.150. The minimum Gasteiger partial charge on any atom is -0.481 e. The standard InChI is InChI=1S/C11H16N2O2/c1-8(2)11(3,10(14)15)7-9-12-5-4-6-13-9/h4-6,8H,7H2,1-3H3,(H,14,15). The number of carbonyl (C=O) groups is 1. The maximum absolute atomic E-state index is 11.2. The molecule has 0 saturated heterocycles. The molecule has 0 radical (unpaired) electrons. The fraction of sp³-hybridized carbons (Fsp3) is 0.545. The van der Waals surface area contributed by atoms with Crippen molar-refractivity contribution in [3.63, 3.8) is 0 Å². The van der Waals surface area contributed by atoms with Crippen molar-refractivity contribution in [3.05, 3.63) is 24.3 Å². The first-order chi connectivity index (χ1) is 6.97. The average Bonchev–Trinajstić information content (AvgIpc) is 2.18. The summed E-state index contributed by atoms with van der Waals surface area (Å²) in [4.78, 5) is 19.3. The van der Waals surface area contributed by atoms with Gasteiger partial charge in [0.05, 0.1) is 5.41 Å². The molecule has 0 aromatic carbocycles. The molecule has 1 unspecified atom stereocenters. The second-order valence-electron chi connectivity index (χ2n) is 4.22. The maximum Gasteiger partial charge on any atom is 0.310 e. The summed E-state index contributed by atoms with van der Waals surface area (Å²) in [5.74, 6) is -0.181. The summed E-state index contributed by atoms with van der Waals surface area (Å²) in [5.41, 5.74) is -0.804. The first-order valence-corrected chi connectivity index (χ1v) is 4.96. The van der Waals surface area contributed by atoms with Crippen molar-refractivity contribution in [2.45, 2.75) is 27.2 Å². The van der Waals surface area contributed by atoms with E-state index in [4.69, 9.17) is 0 Å². The largest absolute Gasteiger partial charge is 0.481 e. The molecule has 0 saturated carbocycles. The number of aliphatic carboxylic acids is 1. The van der Waals surface area contributed by atoms with Crippen LogP contribution >= 0.6 is 0 Å². The van der Waals surface area contributed by atoms with Crippen LogP contribution in [0.15, 0.2) is 18.5 Å². The van der Waals surface area contributed by atoms with Gasteiger partial charge in [0, 0.05) is 18.8 Å². The van der Waals surface area contributed by atoms with E-state index in [1.54, 1.807) is 25.4 Å². The Kier molecular flexibility index (Phi) is 3.39. The van der Waals surface area contributed by atoms with Gasteiger partial charge in [0.2, 0.25) is 0 Å². The van der Waals surface area contributed by atoms with Gasteiger partial charge >= 0.3 is 5.97 Å². The number of aromatic nitrogens is 2. The summed E-state index contributed by atoms with van der Waals surface area (Å²) in [6.45, 7) is 5.53. The van der Waals surface area contributed by atoms with Crippen LogP contribution in [-0.2, 0) is 11.2 Å². The van der Waals surface area contributed by atoms with Gasteiger partial charge in [0.25, 0.3) is 0 Å². The Morgan fingerprint density at radius 2 is 2.00 bits per heavy atom. The Labute approximate surface area is 89.4 Å². The highest BCUT2D eigenvalue weighted by Gasteiger charge is 2.37. The molecule has 0 amide bonds. The number of nitrogens with zero attached hydrogens (tertiary/aromatic N) is 2. The van der Waals surface area contributed by atoms with E-state index in [0.717, 1.165) is 0 Å². The van der Waals surface area contributed by atoms with Crippen molar-refractivity contribution in [1.82, 2.24) is 9.97 Å². The summed E-state index contributed by atoms with van der Waals surface area (Å²) in [6, 6.07) is 1.72. The predicted molar refractivity (Wildman–Crippen MR) is 56.3 cm³/mol. The van der Waals surface area contributed by atoms with Crippen LogP contribution in [0.25, 0.3) is 0 Å². The first-order valence-electron chi connectivity index (χ1n) is 4.96. The van der Waals surface area contributed by atoms with Gasteiger partial charge in [-0.2, -0.15) is 0 Å². The summed E-state index contributed by atoms with van der Waals surface area (Å²) in [6.07, 6.45) is 3.62. The van der Waals surface area contributed by atoms with Crippen LogP contribution in [0.2, 0.25) is 0 Å². The molecule has 0 fully saturated rings. The van der Waals surface area contributed by atoms with Crippen molar-refractivity contribution >= 4 is 5.97 Å². The van der Waals surface area contributed by atoms with Gasteiger partial charge in [-0.25, -0.2) is 9.97 Å². The second kappa shape index (κ2) is 4.38. The van der Waals surface area contributed by atoms with Crippen LogP contribution in [0.1, 0.15) is 26.6 Å². The average molecular weight is 208 g/mol. The normalized spacial score (nSPS) is 14.9. The number of carboxylic acids is 1. The molecule has 0 aliphatic carbocycles. The number of hydrogen-bond acceptors (Lipinski definition) is 3. The van der Waals surface area contributed by atoms with Gasteiger partial charge in [0.1, 0.15) is 5.82 Å². The molecule has 0 bridgehead atoms. The van der Waals surface area contributed by atoms with Crippen LogP contribution < -0.4 is 0 Å². The van der Waals surface area contributed by atoms with E-state index in [9.17, 15) is 9.90 Å². The summed E-state index contributed by atoms with van der Waals surface area (Å²) >= 11 is 0. The molecule has 1 rings (SSSR count). The van der Waals surface area contributed by atoms with E-state index >= 15 is 0 Å². The SMILES string of the molecule is CC(C)C(C)(Cc1ncccn1)C(=O)O. The van der Waals surface area contributed by atoms with Crippen LogP contribution in [0.3, 0.4) is 0 Å². The number of hydrogen-bond donors (Lipinski definition) is 1. The topological polar surface area (TPSA) is 63.1 Å². The van der Waals surface area contributed by atoms with Crippen molar-refractivity contribution in [1.29, 1.82) is 0 Å². The van der Waals surface area contributed by atoms with Crippen LogP contribution in [-0.4, -0.2) is 21.0 Å². The van der Waals surface area contributed by atoms with E-state index < -0.39 is 11.4 Å². The Morgan fingerprint density at radius 3 is 2.40 bits per heavy atom. The molecule has 15 heavy (non-hydrogen) atoms. The highest BCUT2D eigenvalue weighted by atomic mass is 16.4. The Bertz CT molecular complexity index is 338. The Hall–Kier alpha value is -1.45. The molecule has 0 aliphatic heterocycles. The molecule has 82 valence electrons. The van der Waals surface area contributed by atoms with Gasteiger partial charge in [0.15, 0.2) is 0 Å². The van der Waals surface area contributed by atoms with Gasteiger partial charge in [-0.15, -0.1) is 0 Å². The van der Waals surface area contributed by atoms with Gasteiger partial charge < -0.3 is 5.11 Å². The lowest BCUT2D eigenvalue weighted by Gasteiger charge is -2.28. The zero-order chi connectivity index (χ0) is 11.5. The zero-order valence-corrected chi connectivity index (χ0v) is 9.27. The van der Waals surface area contributed by atoms with Crippen molar-refractivity contribution in [2.75, 3.05) is 0 Å². The molecule has 1 aromatic rings. The fourth-order valence-electron chi connectivity index (χ4n) is 1.28. The number of rotatable bonds is 4. The van der Waals surface area contributed by atoms with Gasteiger partial charge in [-0.05, 0) is 18.9 Å². The highest BCUT2D eigenvalue weighted by molar-refractivity contribution is 5.74. The van der Waals surface area contributed by atoms with Crippen molar-refractivity contribution in [2.24, 2.45) is 11.3 Å². The number of carboxylic acid groups (broad SMARTS) is 1. The molecule has 4 heteroatoms. The molecule has 1 heterocycles. The summed E-state index contributed by atoms with van der Waals surface area (Å²) in [5, 5.41) is 9.21. The lowest BCUT2D eigenvalue weighted by atomic mass is 9.76. The minimum absolute atomic E-state index is 0.0406. The van der Waals surface area contributed by atoms with E-state index in [-0.39, 0.29) is 5.92 Å². The zero-order valence-electron chi connectivity index (χ0n) is 9.27. The lowest BCUT2D eigenvalue weighted by Crippen LogP contribution is -2.35. The monoisotopic (exact) mass is 208 g/mol. The molecule has 0 aliphatic rings. The molecular formula is C11H16N2O2. The van der Waals surface area contributed by atoms with E-state index in [1.807, 2.05) is 13.8 Å². The third-order valence-corrected chi connectivity index (χ3v) is 2.91. The molecule has 4 nitrogen and oxygen atoms in total. The molecule has 1 aromatic heterocycles.